The second-order valence-electron chi connectivity index (χ2n) is 7.74. The Morgan fingerprint density at radius 1 is 0.875 bits per heavy atom. The van der Waals surface area contributed by atoms with Crippen molar-refractivity contribution >= 4 is 27.7 Å². The van der Waals surface area contributed by atoms with Crippen LogP contribution in [-0.4, -0.2) is 29.3 Å². The highest BCUT2D eigenvalue weighted by Gasteiger charge is 2.29. The molecule has 0 saturated carbocycles. The van der Waals surface area contributed by atoms with E-state index in [9.17, 15) is 9.59 Å². The highest BCUT2D eigenvalue weighted by atomic mass is 79.9. The van der Waals surface area contributed by atoms with Crippen LogP contribution >= 0.6 is 15.9 Å². The number of aryl methyl sites for hydroxylation is 1. The molecule has 1 atom stereocenters. The van der Waals surface area contributed by atoms with E-state index in [4.69, 9.17) is 0 Å². The second kappa shape index (κ2) is 12.2. The van der Waals surface area contributed by atoms with Gasteiger partial charge in [0.25, 0.3) is 0 Å². The van der Waals surface area contributed by atoms with E-state index >= 15 is 0 Å². The molecule has 3 rings (SSSR count). The van der Waals surface area contributed by atoms with Crippen molar-refractivity contribution in [3.05, 3.63) is 106 Å². The van der Waals surface area contributed by atoms with E-state index in [1.165, 1.54) is 0 Å². The number of nitrogens with one attached hydrogen (secondary N) is 1. The largest absolute Gasteiger partial charge is 0.355 e. The van der Waals surface area contributed by atoms with E-state index < -0.39 is 6.04 Å². The third-order valence-electron chi connectivity index (χ3n) is 5.33. The van der Waals surface area contributed by atoms with Gasteiger partial charge in [-0.05, 0) is 42.2 Å². The normalized spacial score (nSPS) is 11.6. The van der Waals surface area contributed by atoms with Crippen molar-refractivity contribution in [1.82, 2.24) is 10.2 Å². The van der Waals surface area contributed by atoms with E-state index in [-0.39, 0.29) is 11.8 Å². The van der Waals surface area contributed by atoms with Crippen LogP contribution in [0.2, 0.25) is 0 Å². The first-order chi connectivity index (χ1) is 15.6. The van der Waals surface area contributed by atoms with Gasteiger partial charge < -0.3 is 10.2 Å². The van der Waals surface area contributed by atoms with E-state index in [2.05, 4.69) is 21.2 Å². The Hall–Kier alpha value is -2.92. The predicted octanol–water partition coefficient (Wildman–Crippen LogP) is 5.16. The Labute approximate surface area is 198 Å². The standard InChI is InChI=1S/C27H29BrN2O2/c1-2-29-27(32)25(19-22-12-7-4-8-13-22)30(20-23-14-9-15-24(28)18-23)26(31)17-16-21-10-5-3-6-11-21/h3-15,18,25H,2,16-17,19-20H2,1H3,(H,29,32)/t25-/m1/s1. The highest BCUT2D eigenvalue weighted by molar-refractivity contribution is 9.10. The molecule has 0 unspecified atom stereocenters. The number of nitrogens with zero attached hydrogens (tertiary/aromatic N) is 1. The van der Waals surface area contributed by atoms with Gasteiger partial charge in [-0.25, -0.2) is 0 Å². The quantitative estimate of drug-likeness (QED) is 0.424. The lowest BCUT2D eigenvalue weighted by atomic mass is 10.0. The third kappa shape index (κ3) is 7.06. The van der Waals surface area contributed by atoms with Crippen molar-refractivity contribution in [2.75, 3.05) is 6.54 Å². The van der Waals surface area contributed by atoms with Crippen molar-refractivity contribution in [2.45, 2.75) is 38.8 Å². The van der Waals surface area contributed by atoms with Crippen molar-refractivity contribution < 1.29 is 9.59 Å². The maximum absolute atomic E-state index is 13.5. The summed E-state index contributed by atoms with van der Waals surface area (Å²) in [5, 5.41) is 2.93. The van der Waals surface area contributed by atoms with Crippen LogP contribution in [0.1, 0.15) is 30.0 Å². The van der Waals surface area contributed by atoms with Crippen LogP contribution < -0.4 is 5.32 Å². The van der Waals surface area contributed by atoms with Gasteiger partial charge >= 0.3 is 0 Å². The smallest absolute Gasteiger partial charge is 0.243 e. The van der Waals surface area contributed by atoms with Gasteiger partial charge in [0.1, 0.15) is 6.04 Å². The molecule has 5 heteroatoms. The molecular formula is C27H29BrN2O2. The van der Waals surface area contributed by atoms with Gasteiger partial charge in [-0.15, -0.1) is 0 Å². The number of amides is 2. The number of benzene rings is 3. The van der Waals surface area contributed by atoms with E-state index in [0.29, 0.717) is 32.4 Å². The fourth-order valence-corrected chi connectivity index (χ4v) is 4.16. The zero-order chi connectivity index (χ0) is 22.8. The summed E-state index contributed by atoms with van der Waals surface area (Å²) in [6, 6.07) is 27.1. The van der Waals surface area contributed by atoms with Crippen LogP contribution in [0.25, 0.3) is 0 Å². The first-order valence-electron chi connectivity index (χ1n) is 11.0. The molecule has 0 radical (unpaired) electrons. The minimum Gasteiger partial charge on any atom is -0.355 e. The molecule has 3 aromatic carbocycles. The van der Waals surface area contributed by atoms with Crippen LogP contribution in [0.5, 0.6) is 0 Å². The van der Waals surface area contributed by atoms with Gasteiger partial charge in [0.15, 0.2) is 0 Å². The van der Waals surface area contributed by atoms with Gasteiger partial charge in [0.05, 0.1) is 0 Å². The molecule has 0 aromatic heterocycles. The van der Waals surface area contributed by atoms with Gasteiger partial charge in [-0.3, -0.25) is 9.59 Å². The minimum atomic E-state index is -0.584. The summed E-state index contributed by atoms with van der Waals surface area (Å²) in [6.45, 7) is 2.79. The summed E-state index contributed by atoms with van der Waals surface area (Å²) in [5.74, 6) is -0.152. The van der Waals surface area contributed by atoms with Crippen molar-refractivity contribution in [1.29, 1.82) is 0 Å². The lowest BCUT2D eigenvalue weighted by Crippen LogP contribution is -2.50. The maximum Gasteiger partial charge on any atom is 0.243 e. The summed E-state index contributed by atoms with van der Waals surface area (Å²) in [5.41, 5.74) is 3.12. The Morgan fingerprint density at radius 3 is 2.12 bits per heavy atom. The Bertz CT molecular complexity index is 1010. The molecular weight excluding hydrogens is 464 g/mol. The third-order valence-corrected chi connectivity index (χ3v) is 5.83. The van der Waals surface area contributed by atoms with Gasteiger partial charge in [0.2, 0.25) is 11.8 Å². The fourth-order valence-electron chi connectivity index (χ4n) is 3.72. The van der Waals surface area contributed by atoms with Gasteiger partial charge in [-0.1, -0.05) is 88.7 Å². The maximum atomic E-state index is 13.5. The number of hydrogen-bond acceptors (Lipinski definition) is 2. The topological polar surface area (TPSA) is 49.4 Å². The highest BCUT2D eigenvalue weighted by Crippen LogP contribution is 2.19. The number of hydrogen-bond donors (Lipinski definition) is 1. The molecule has 0 saturated heterocycles. The van der Waals surface area contributed by atoms with Gasteiger partial charge in [0, 0.05) is 30.4 Å². The first-order valence-corrected chi connectivity index (χ1v) is 11.8. The molecule has 0 spiro atoms. The molecule has 0 aliphatic rings. The lowest BCUT2D eigenvalue weighted by Gasteiger charge is -2.31. The lowest BCUT2D eigenvalue weighted by molar-refractivity contribution is -0.141. The molecule has 166 valence electrons. The molecule has 2 amide bonds. The summed E-state index contributed by atoms with van der Waals surface area (Å²) >= 11 is 3.51. The van der Waals surface area contributed by atoms with Crippen molar-refractivity contribution in [3.8, 4) is 0 Å². The number of rotatable bonds is 10. The van der Waals surface area contributed by atoms with E-state index in [0.717, 1.165) is 21.2 Å². The van der Waals surface area contributed by atoms with Crippen molar-refractivity contribution in [2.24, 2.45) is 0 Å². The number of halogens is 1. The van der Waals surface area contributed by atoms with Crippen LogP contribution in [0, 0.1) is 0 Å². The predicted molar refractivity (Wildman–Crippen MR) is 132 cm³/mol. The zero-order valence-electron chi connectivity index (χ0n) is 18.3. The van der Waals surface area contributed by atoms with E-state index in [1.54, 1.807) is 4.90 Å². The Balaban J connectivity index is 1.88. The number of carbonyl (C=O) groups is 2. The molecule has 32 heavy (non-hydrogen) atoms. The molecule has 0 aliphatic carbocycles. The summed E-state index contributed by atoms with van der Waals surface area (Å²) in [6.07, 6.45) is 1.46. The average Bonchev–Trinajstić information content (AvgIpc) is 2.81. The van der Waals surface area contributed by atoms with Gasteiger partial charge in [-0.2, -0.15) is 0 Å². The van der Waals surface area contributed by atoms with Crippen LogP contribution in [0.3, 0.4) is 0 Å². The Kier molecular flexibility index (Phi) is 9.05. The van der Waals surface area contributed by atoms with E-state index in [1.807, 2.05) is 91.9 Å². The first kappa shape index (κ1) is 23.7. The zero-order valence-corrected chi connectivity index (χ0v) is 19.9. The number of carbonyl (C=O) groups excluding carboxylic acids is 2. The number of likely N-dealkylation sites (N-methyl/N-ethyl adjacent to an activating group) is 1. The fraction of sp³-hybridized carbons (Fsp3) is 0.259. The molecule has 0 fully saturated rings. The molecule has 0 aliphatic heterocycles. The van der Waals surface area contributed by atoms with Crippen LogP contribution in [0.15, 0.2) is 89.4 Å². The second-order valence-corrected chi connectivity index (χ2v) is 8.65. The molecule has 4 nitrogen and oxygen atoms in total. The van der Waals surface area contributed by atoms with Crippen molar-refractivity contribution in [3.63, 3.8) is 0 Å². The summed E-state index contributed by atoms with van der Waals surface area (Å²) < 4.78 is 0.948. The monoisotopic (exact) mass is 492 g/mol. The van der Waals surface area contributed by atoms with Crippen LogP contribution in [-0.2, 0) is 29.0 Å². The summed E-state index contributed by atoms with van der Waals surface area (Å²) in [4.78, 5) is 28.3. The minimum absolute atomic E-state index is 0.0268. The summed E-state index contributed by atoms with van der Waals surface area (Å²) in [7, 11) is 0. The Morgan fingerprint density at radius 2 is 1.50 bits per heavy atom. The van der Waals surface area contributed by atoms with Crippen LogP contribution in [0.4, 0.5) is 0 Å². The average molecular weight is 493 g/mol. The molecule has 0 bridgehead atoms. The SMILES string of the molecule is CCNC(=O)[C@@H](Cc1ccccc1)N(Cc1cccc(Br)c1)C(=O)CCc1ccccc1. The molecule has 0 heterocycles. The molecule has 1 N–H and O–H groups in total. The molecule has 3 aromatic rings.